The van der Waals surface area contributed by atoms with E-state index in [4.69, 9.17) is 20.2 Å². The third-order valence-electron chi connectivity index (χ3n) is 1.76. The first-order valence-corrected chi connectivity index (χ1v) is 6.59. The first kappa shape index (κ1) is 11.8. The zero-order valence-electron chi connectivity index (χ0n) is 8.17. The number of rotatable bonds is 2. The number of carbonyl (C=O) groups excluding carboxylic acids is 1. The molecular formula is C8H6ClNO6S. The highest BCUT2D eigenvalue weighted by atomic mass is 35.7. The van der Waals surface area contributed by atoms with E-state index in [0.29, 0.717) is 11.5 Å². The van der Waals surface area contributed by atoms with Crippen LogP contribution in [0.25, 0.3) is 0 Å². The average molecular weight is 280 g/mol. The molecule has 17 heavy (non-hydrogen) atoms. The molecule has 2 rings (SSSR count). The van der Waals surface area contributed by atoms with E-state index in [9.17, 15) is 13.2 Å². The minimum atomic E-state index is -4.16. The van der Waals surface area contributed by atoms with Gasteiger partial charge in [-0.2, -0.15) is 8.42 Å². The van der Waals surface area contributed by atoms with E-state index in [1.54, 1.807) is 0 Å². The highest BCUT2D eigenvalue weighted by Crippen LogP contribution is 2.35. The summed E-state index contributed by atoms with van der Waals surface area (Å²) in [5.74, 6) is 1.03. The molecule has 92 valence electrons. The van der Waals surface area contributed by atoms with Crippen LogP contribution in [-0.4, -0.2) is 21.3 Å². The van der Waals surface area contributed by atoms with E-state index in [0.717, 1.165) is 0 Å². The van der Waals surface area contributed by atoms with Crippen LogP contribution in [0.5, 0.6) is 17.2 Å². The predicted octanol–water partition coefficient (Wildman–Crippen LogP) is 0.987. The molecule has 0 aliphatic carbocycles. The molecule has 0 saturated carbocycles. The number of ether oxygens (including phenoxy) is 3. The van der Waals surface area contributed by atoms with Gasteiger partial charge in [0.2, 0.25) is 6.79 Å². The van der Waals surface area contributed by atoms with Gasteiger partial charge >= 0.3 is 15.3 Å². The van der Waals surface area contributed by atoms with Crippen molar-refractivity contribution in [3.8, 4) is 17.2 Å². The Morgan fingerprint density at radius 3 is 2.76 bits per heavy atom. The largest absolute Gasteiger partial charge is 0.454 e. The fraction of sp³-hybridized carbons (Fsp3) is 0.125. The fourth-order valence-corrected chi connectivity index (χ4v) is 1.60. The molecule has 0 bridgehead atoms. The van der Waals surface area contributed by atoms with Gasteiger partial charge in [-0.15, -0.1) is 0 Å². The predicted molar refractivity (Wildman–Crippen MR) is 56.5 cm³/mol. The molecule has 1 amide bonds. The maximum atomic E-state index is 11.1. The lowest BCUT2D eigenvalue weighted by Gasteiger charge is -2.04. The Morgan fingerprint density at radius 2 is 2.06 bits per heavy atom. The highest BCUT2D eigenvalue weighted by Gasteiger charge is 2.17. The standard InChI is InChI=1S/C8H6ClNO6S/c9-17(12,13)10-8(11)16-5-1-2-6-7(3-5)15-4-14-6/h1-3H,4H2,(H,10,11). The zero-order valence-corrected chi connectivity index (χ0v) is 9.75. The van der Waals surface area contributed by atoms with Crippen LogP contribution in [0.2, 0.25) is 0 Å². The van der Waals surface area contributed by atoms with Crippen molar-refractivity contribution in [2.45, 2.75) is 0 Å². The Morgan fingerprint density at radius 1 is 1.35 bits per heavy atom. The van der Waals surface area contributed by atoms with E-state index in [1.807, 2.05) is 0 Å². The first-order chi connectivity index (χ1) is 7.94. The number of benzene rings is 1. The van der Waals surface area contributed by atoms with Gasteiger partial charge in [-0.05, 0) is 12.1 Å². The molecule has 0 atom stereocenters. The van der Waals surface area contributed by atoms with Gasteiger partial charge in [-0.1, -0.05) is 0 Å². The number of nitrogens with one attached hydrogen (secondary N) is 1. The molecule has 9 heteroatoms. The second kappa shape index (κ2) is 4.30. The normalized spacial score (nSPS) is 13.2. The summed E-state index contributed by atoms with van der Waals surface area (Å²) in [4.78, 5) is 11.1. The quantitative estimate of drug-likeness (QED) is 0.812. The zero-order chi connectivity index (χ0) is 12.5. The van der Waals surface area contributed by atoms with E-state index < -0.39 is 15.3 Å². The van der Waals surface area contributed by atoms with E-state index in [2.05, 4.69) is 4.74 Å². The van der Waals surface area contributed by atoms with Crippen molar-refractivity contribution in [2.75, 3.05) is 6.79 Å². The van der Waals surface area contributed by atoms with E-state index >= 15 is 0 Å². The van der Waals surface area contributed by atoms with Crippen LogP contribution in [0.15, 0.2) is 18.2 Å². The number of fused-ring (bicyclic) bond motifs is 1. The molecule has 0 saturated heterocycles. The molecular weight excluding hydrogens is 274 g/mol. The summed E-state index contributed by atoms with van der Waals surface area (Å²) >= 11 is 0. The summed E-state index contributed by atoms with van der Waals surface area (Å²) in [5.41, 5.74) is 0. The molecule has 1 N–H and O–H groups in total. The molecule has 1 aliphatic heterocycles. The average Bonchev–Trinajstić information content (AvgIpc) is 2.61. The topological polar surface area (TPSA) is 90.9 Å². The summed E-state index contributed by atoms with van der Waals surface area (Å²) in [5, 5.41) is 0. The van der Waals surface area contributed by atoms with Crippen molar-refractivity contribution in [3.63, 3.8) is 0 Å². The van der Waals surface area contributed by atoms with Crippen molar-refractivity contribution in [1.82, 2.24) is 4.72 Å². The molecule has 1 aliphatic rings. The Bertz CT molecular complexity index is 557. The van der Waals surface area contributed by atoms with Gasteiger partial charge in [-0.3, -0.25) is 0 Å². The van der Waals surface area contributed by atoms with Crippen molar-refractivity contribution in [1.29, 1.82) is 0 Å². The molecule has 0 aromatic heterocycles. The maximum absolute atomic E-state index is 11.1. The molecule has 1 aromatic carbocycles. The van der Waals surface area contributed by atoms with Gasteiger partial charge in [0.25, 0.3) is 0 Å². The SMILES string of the molecule is O=C(NS(=O)(=O)Cl)Oc1ccc2c(c1)OCO2. The second-order valence-corrected chi connectivity index (χ2v) is 5.24. The van der Waals surface area contributed by atoms with Crippen LogP contribution in [0.3, 0.4) is 0 Å². The minimum absolute atomic E-state index is 0.0844. The number of halogens is 1. The van der Waals surface area contributed by atoms with Crippen molar-refractivity contribution >= 4 is 26.0 Å². The van der Waals surface area contributed by atoms with Crippen molar-refractivity contribution < 1.29 is 27.4 Å². The van der Waals surface area contributed by atoms with E-state index in [-0.39, 0.29) is 12.5 Å². The second-order valence-electron chi connectivity index (χ2n) is 2.94. The molecule has 1 aromatic rings. The number of hydrogen-bond acceptors (Lipinski definition) is 6. The van der Waals surface area contributed by atoms with Crippen LogP contribution >= 0.6 is 10.7 Å². The summed E-state index contributed by atoms with van der Waals surface area (Å²) in [7, 11) is 0.640. The third kappa shape index (κ3) is 3.14. The van der Waals surface area contributed by atoms with Gasteiger partial charge in [0, 0.05) is 16.7 Å². The Labute approximate surface area is 101 Å². The molecule has 0 spiro atoms. The van der Waals surface area contributed by atoms with Crippen LogP contribution in [-0.2, 0) is 9.24 Å². The summed E-state index contributed by atoms with van der Waals surface area (Å²) in [6, 6.07) is 4.34. The minimum Gasteiger partial charge on any atom is -0.454 e. The molecule has 0 unspecified atom stereocenters. The summed E-state index contributed by atoms with van der Waals surface area (Å²) in [6.07, 6.45) is -1.21. The fourth-order valence-electron chi connectivity index (χ4n) is 1.17. The number of carbonyl (C=O) groups is 1. The molecule has 1 heterocycles. The monoisotopic (exact) mass is 279 g/mol. The van der Waals surface area contributed by atoms with Crippen molar-refractivity contribution in [3.05, 3.63) is 18.2 Å². The maximum Gasteiger partial charge on any atom is 0.427 e. The lowest BCUT2D eigenvalue weighted by Crippen LogP contribution is -2.29. The van der Waals surface area contributed by atoms with Crippen molar-refractivity contribution in [2.24, 2.45) is 0 Å². The highest BCUT2D eigenvalue weighted by molar-refractivity contribution is 8.12. The van der Waals surface area contributed by atoms with Crippen LogP contribution in [0, 0.1) is 0 Å². The van der Waals surface area contributed by atoms with Crippen LogP contribution < -0.4 is 18.9 Å². The van der Waals surface area contributed by atoms with E-state index in [1.165, 1.54) is 22.9 Å². The molecule has 0 radical (unpaired) electrons. The Kier molecular flexibility index (Phi) is 2.99. The molecule has 0 fully saturated rings. The van der Waals surface area contributed by atoms with Gasteiger partial charge in [-0.25, -0.2) is 9.52 Å². The first-order valence-electron chi connectivity index (χ1n) is 4.28. The smallest absolute Gasteiger partial charge is 0.427 e. The lowest BCUT2D eigenvalue weighted by molar-refractivity contribution is 0.174. The van der Waals surface area contributed by atoms with Gasteiger partial charge < -0.3 is 14.2 Å². The third-order valence-corrected chi connectivity index (χ3v) is 2.40. The molecule has 7 nitrogen and oxygen atoms in total. The lowest BCUT2D eigenvalue weighted by atomic mass is 10.3. The Balaban J connectivity index is 2.07. The van der Waals surface area contributed by atoms with Gasteiger partial charge in [0.1, 0.15) is 5.75 Å². The number of hydrogen-bond donors (Lipinski definition) is 1. The summed E-state index contributed by atoms with van der Waals surface area (Å²) in [6.45, 7) is 0.0844. The van der Waals surface area contributed by atoms with Crippen LogP contribution in [0.1, 0.15) is 0 Å². The van der Waals surface area contributed by atoms with Crippen LogP contribution in [0.4, 0.5) is 4.79 Å². The Hall–Kier alpha value is -1.67. The number of amides is 1. The van der Waals surface area contributed by atoms with Gasteiger partial charge in [0.05, 0.1) is 0 Å². The summed E-state index contributed by atoms with van der Waals surface area (Å²) < 4.78 is 37.2. The van der Waals surface area contributed by atoms with Gasteiger partial charge in [0.15, 0.2) is 11.5 Å².